The Hall–Kier alpha value is -5.04. The molecule has 0 aromatic heterocycles. The molecule has 0 aliphatic carbocycles. The van der Waals surface area contributed by atoms with Crippen LogP contribution in [0.2, 0.25) is 0 Å². The van der Waals surface area contributed by atoms with Crippen molar-refractivity contribution >= 4 is 0 Å². The monoisotopic (exact) mass is 1330 g/mol. The largest absolute Gasteiger partial charge is 0.493 e. The summed E-state index contributed by atoms with van der Waals surface area (Å²) in [5.41, 5.74) is -3.07. The van der Waals surface area contributed by atoms with Crippen molar-refractivity contribution in [2.45, 2.75) is 180 Å². The lowest BCUT2D eigenvalue weighted by atomic mass is 9.79. The number of methoxy groups -OCH3 is 8. The Morgan fingerprint density at radius 1 is 0.424 bits per heavy atom. The van der Waals surface area contributed by atoms with Crippen molar-refractivity contribution in [1.82, 2.24) is 19.6 Å². The van der Waals surface area contributed by atoms with Crippen molar-refractivity contribution in [3.63, 3.8) is 0 Å². The summed E-state index contributed by atoms with van der Waals surface area (Å²) < 4.78 is 524. The molecule has 8 aliphatic rings. The first-order chi connectivity index (χ1) is 66.1. The third-order valence-corrected chi connectivity index (χ3v) is 14.4. The summed E-state index contributed by atoms with van der Waals surface area (Å²) in [6.45, 7) is -21.9. The van der Waals surface area contributed by atoms with Gasteiger partial charge in [-0.25, -0.2) is 0 Å². The minimum absolute atomic E-state index is 0.00912. The third-order valence-electron chi connectivity index (χ3n) is 14.4. The van der Waals surface area contributed by atoms with Crippen molar-refractivity contribution in [2.24, 2.45) is 47.2 Å². The van der Waals surface area contributed by atoms with Gasteiger partial charge in [0.1, 0.15) is 0 Å². The average Bonchev–Trinajstić information content (AvgIpc) is 0.643. The molecule has 15 atom stereocenters. The van der Waals surface area contributed by atoms with Gasteiger partial charge in [0.05, 0.1) is 107 Å². The van der Waals surface area contributed by atoms with Gasteiger partial charge in [-0.15, -0.1) is 0 Å². The van der Waals surface area contributed by atoms with Gasteiger partial charge in [-0.05, 0) is 217 Å². The van der Waals surface area contributed by atoms with Gasteiger partial charge >= 0.3 is 0 Å². The highest BCUT2D eigenvalue weighted by Crippen LogP contribution is 2.49. The maximum atomic E-state index is 11.4. The van der Waals surface area contributed by atoms with E-state index >= 15 is 0 Å². The number of ether oxygens (including phenoxy) is 8. The van der Waals surface area contributed by atoms with Gasteiger partial charge < -0.3 is 58.3 Å². The first-order valence-electron chi connectivity index (χ1n) is 57.2. The average molecular weight is 1340 g/mol. The van der Waals surface area contributed by atoms with Gasteiger partial charge in [0.15, 0.2) is 46.0 Å². The molecule has 4 saturated heterocycles. The van der Waals surface area contributed by atoms with Crippen LogP contribution >= 0.6 is 0 Å². The van der Waals surface area contributed by atoms with Crippen LogP contribution in [0.5, 0.6) is 46.0 Å². The van der Waals surface area contributed by atoms with E-state index in [2.05, 4.69) is 0 Å². The summed E-state index contributed by atoms with van der Waals surface area (Å²) >= 11 is 0. The fourth-order valence-corrected chi connectivity index (χ4v) is 10.4. The van der Waals surface area contributed by atoms with E-state index in [1.165, 1.54) is 28.4 Å². The van der Waals surface area contributed by atoms with Crippen molar-refractivity contribution in [3.8, 4) is 46.0 Å². The van der Waals surface area contributed by atoms with Crippen LogP contribution in [0.25, 0.3) is 0 Å². The highest BCUT2D eigenvalue weighted by Gasteiger charge is 2.43. The van der Waals surface area contributed by atoms with E-state index in [1.807, 2.05) is 0 Å². The first kappa shape index (κ1) is 27.8. The van der Waals surface area contributed by atoms with E-state index in [0.717, 1.165) is 26.2 Å². The Balaban J connectivity index is 0.000000221. The SMILES string of the molecule is [2H]c1c2c(c([2H])c(OC([2H])([2H])[2H])c1OC)C1([2H])N(CC2)C([2H])([2H])C([2H])(C([2H])([2H])C([2H])(C)C([2H])([2H])[2H])C([2H])(O)C1([2H])[2H].[2H]c1c2c(c([2H])c(OC)c1OC)C1([2H])N(CC2)C([2H])([2H])C([2H])(C([2H])([2H])C([2H])(C)C([2H])([2H])[2H])C([2H])(O)C1([2H])[2H].[2H]c1c2c(c([2H])c(OC)c1OC)C1([2H])N(CC2)C([2H])([2H])C([2H])(C([2H])([2H])C([2H])(C)C([2H])([2H])[2H])C([2H])(O)C1([2H])[2H].[2H]c1c2c(c([2H])c(OC)c1OC)C1([2H])N(CC2)C([2H])([2H])C([2H])(CC(C)C)C([2H])(O)C1([2H])[2H]. The number of rotatable bonds is 16. The van der Waals surface area contributed by atoms with Crippen LogP contribution in [0.1, 0.15) is 253 Å². The number of benzene rings is 4. The summed E-state index contributed by atoms with van der Waals surface area (Å²) in [6.07, 6.45) is -44.3. The summed E-state index contributed by atoms with van der Waals surface area (Å²) in [5, 5.41) is 45.4. The molecule has 16 heteroatoms. The fourth-order valence-electron chi connectivity index (χ4n) is 10.4. The lowest BCUT2D eigenvalue weighted by Gasteiger charge is -2.46. The predicted molar refractivity (Wildman–Crippen MR) is 365 cm³/mol. The topological polar surface area (TPSA) is 168 Å². The third kappa shape index (κ3) is 16.4. The van der Waals surface area contributed by atoms with Gasteiger partial charge in [0.25, 0.3) is 0 Å². The predicted octanol–water partition coefficient (Wildman–Crippen LogP) is 12.1. The molecule has 16 nitrogen and oxygen atoms in total. The Kier molecular flexibility index (Phi) is 9.72. The molecular weight excluding hydrogens is 1160 g/mol. The summed E-state index contributed by atoms with van der Waals surface area (Å²) in [7, 11) is 4.90. The molecule has 4 aromatic rings. The summed E-state index contributed by atoms with van der Waals surface area (Å²) in [5.74, 6) is -28.3. The normalized spacial score (nSPS) is 53.4. The van der Waals surface area contributed by atoms with Gasteiger partial charge in [0.2, 0.25) is 0 Å². The molecule has 0 radical (unpaired) electrons. The maximum Gasteiger partial charge on any atom is 0.161 e. The molecule has 8 aliphatic heterocycles. The van der Waals surface area contributed by atoms with Crippen LogP contribution in [-0.4, -0.2) is 173 Å². The number of piperidine rings is 4. The van der Waals surface area contributed by atoms with Crippen LogP contribution in [-0.2, 0) is 25.7 Å². The molecule has 4 fully saturated rings. The zero-order valence-electron chi connectivity index (χ0n) is 110. The number of hydrogen-bond donors (Lipinski definition) is 4. The lowest BCUT2D eigenvalue weighted by molar-refractivity contribution is -0.0192. The minimum Gasteiger partial charge on any atom is -0.493 e. The summed E-state index contributed by atoms with van der Waals surface area (Å²) in [4.78, 5) is 1.77. The van der Waals surface area contributed by atoms with Crippen LogP contribution in [0, 0.1) is 47.2 Å². The molecule has 92 heavy (non-hydrogen) atoms. The van der Waals surface area contributed by atoms with Crippen molar-refractivity contribution in [2.75, 3.05) is 109 Å². The van der Waals surface area contributed by atoms with Crippen molar-refractivity contribution in [1.29, 1.82) is 0 Å². The Morgan fingerprint density at radius 3 is 0.902 bits per heavy atom. The van der Waals surface area contributed by atoms with Crippen LogP contribution in [0.4, 0.5) is 0 Å². The van der Waals surface area contributed by atoms with E-state index in [-0.39, 0.29) is 99.9 Å². The number of nitrogens with zero attached hydrogens (tertiary/aromatic N) is 4. The van der Waals surface area contributed by atoms with Crippen molar-refractivity contribution in [3.05, 3.63) is 92.8 Å². The lowest BCUT2D eigenvalue weighted by Crippen LogP contribution is -2.48. The molecule has 512 valence electrons. The highest BCUT2D eigenvalue weighted by molar-refractivity contribution is 5.53. The van der Waals surface area contributed by atoms with Crippen LogP contribution < -0.4 is 37.9 Å². The molecule has 0 amide bonds. The maximum absolute atomic E-state index is 11.4. The second kappa shape index (κ2) is 32.1. The molecule has 8 heterocycles. The number of fused-ring (bicyclic) bond motifs is 12. The summed E-state index contributed by atoms with van der Waals surface area (Å²) in [6, 6.07) is -17.3. The minimum atomic E-state index is -4.35. The number of hydrogen-bond acceptors (Lipinski definition) is 16. The Morgan fingerprint density at radius 2 is 0.663 bits per heavy atom. The first-order valence-corrected chi connectivity index (χ1v) is 28.7. The zero-order chi connectivity index (χ0) is 117. The molecule has 0 spiro atoms. The molecular formula is C76H116N4O12. The van der Waals surface area contributed by atoms with Crippen LogP contribution in [0.3, 0.4) is 0 Å². The van der Waals surface area contributed by atoms with Gasteiger partial charge in [-0.3, -0.25) is 19.6 Å². The number of aliphatic hydroxyl groups is 4. The fraction of sp³-hybridized carbons (Fsp3) is 0.684. The van der Waals surface area contributed by atoms with Gasteiger partial charge in [-0.2, -0.15) is 0 Å². The van der Waals surface area contributed by atoms with Crippen LogP contribution in [0.15, 0.2) is 48.3 Å². The molecule has 4 N–H and O–H groups in total. The smallest absolute Gasteiger partial charge is 0.161 e. The molecule has 4 aromatic carbocycles. The molecule has 0 saturated carbocycles. The Bertz CT molecular complexity index is 5690. The zero-order valence-corrected chi connectivity index (χ0v) is 52.8. The van der Waals surface area contributed by atoms with E-state index < -0.39 is 296 Å². The molecule has 0 bridgehead atoms. The van der Waals surface area contributed by atoms with E-state index in [1.54, 1.807) is 13.8 Å². The second-order valence-corrected chi connectivity index (χ2v) is 21.4. The van der Waals surface area contributed by atoms with Crippen molar-refractivity contribution < 1.29 is 136 Å². The highest BCUT2D eigenvalue weighted by atomic mass is 16.5. The molecule has 12 rings (SSSR count). The van der Waals surface area contributed by atoms with E-state index in [0.29, 0.717) is 30.6 Å². The van der Waals surface area contributed by atoms with E-state index in [9.17, 15) is 25.9 Å². The standard InChI is InChI=1S/4C19H29NO3/c4*1-12(2)7-14-11-20-6-5-13-8-18(22-3)19(23-4)9-15(13)16(20)10-17(14)21/h4*8-9,12,14,16-17,21H,5-7,10-11H2,1-4H3/i1D3,4D3,7D2,8D,9D,10D2,11D2,12D,14D,16D,17D;2*1D3,7D2,8D,9D,10D2,11D2,12D,14D,16D,17D;8D,9D,10D2,11D2,14D,16D,17D. The quantitative estimate of drug-likeness (QED) is 0.0836. The van der Waals surface area contributed by atoms with Gasteiger partial charge in [-0.1, -0.05) is 55.2 Å². The van der Waals surface area contributed by atoms with E-state index in [4.69, 9.17) is 111 Å². The molecule has 15 unspecified atom stereocenters. The van der Waals surface area contributed by atoms with Gasteiger partial charge in [0, 0.05) is 128 Å². The Labute approximate surface area is 632 Å². The second-order valence-electron chi connectivity index (χ2n) is 21.4.